The number of hydrogen-bond acceptors (Lipinski definition) is 0. The van der Waals surface area contributed by atoms with Crippen LogP contribution in [-0.4, -0.2) is 0 Å². The maximum atomic E-state index is 2.54. The molecule has 3 aliphatic rings. The molecule has 0 nitrogen and oxygen atoms in total. The molecule has 0 heterocycles. The molecule has 118 valence electrons. The van der Waals surface area contributed by atoms with E-state index in [9.17, 15) is 0 Å². The molecule has 1 saturated carbocycles. The van der Waals surface area contributed by atoms with Crippen molar-refractivity contribution in [3.05, 3.63) is 59.2 Å². The van der Waals surface area contributed by atoms with E-state index in [2.05, 4.69) is 56.3 Å². The minimum absolute atomic E-state index is 0.593. The van der Waals surface area contributed by atoms with Gasteiger partial charge >= 0.3 is 0 Å². The van der Waals surface area contributed by atoms with E-state index in [0.717, 1.165) is 11.8 Å². The monoisotopic (exact) mass is 302 g/mol. The minimum Gasteiger partial charge on any atom is -0.0851 e. The Kier molecular flexibility index (Phi) is 2.84. The fourth-order valence-electron chi connectivity index (χ4n) is 5.74. The van der Waals surface area contributed by atoms with Crippen LogP contribution < -0.4 is 0 Å². The van der Waals surface area contributed by atoms with Crippen LogP contribution in [0.2, 0.25) is 0 Å². The topological polar surface area (TPSA) is 0 Å². The first kappa shape index (κ1) is 13.8. The van der Waals surface area contributed by atoms with E-state index in [0.29, 0.717) is 11.3 Å². The van der Waals surface area contributed by atoms with Crippen LogP contribution in [0, 0.1) is 17.3 Å². The third kappa shape index (κ3) is 1.97. The summed E-state index contributed by atoms with van der Waals surface area (Å²) >= 11 is 0. The average Bonchev–Trinajstić information content (AvgIpc) is 3.13. The van der Waals surface area contributed by atoms with Crippen molar-refractivity contribution < 1.29 is 0 Å². The molecular weight excluding hydrogens is 276 g/mol. The first-order valence-electron chi connectivity index (χ1n) is 9.37. The summed E-state index contributed by atoms with van der Waals surface area (Å²) in [4.78, 5) is 0. The van der Waals surface area contributed by atoms with Crippen molar-refractivity contribution in [1.82, 2.24) is 0 Å². The van der Waals surface area contributed by atoms with Crippen molar-refractivity contribution in [2.24, 2.45) is 17.3 Å². The van der Waals surface area contributed by atoms with Gasteiger partial charge in [0.1, 0.15) is 0 Å². The number of aryl methyl sites for hydroxylation is 1. The quantitative estimate of drug-likeness (QED) is 0.564. The fourth-order valence-corrected chi connectivity index (χ4v) is 5.74. The second-order valence-corrected chi connectivity index (χ2v) is 8.57. The van der Waals surface area contributed by atoms with Gasteiger partial charge in [-0.25, -0.2) is 0 Å². The zero-order valence-corrected chi connectivity index (χ0v) is 14.3. The van der Waals surface area contributed by atoms with Crippen molar-refractivity contribution in [1.29, 1.82) is 0 Å². The second-order valence-electron chi connectivity index (χ2n) is 8.57. The molecule has 23 heavy (non-hydrogen) atoms. The Hall–Kier alpha value is -1.56. The first-order chi connectivity index (χ1) is 11.1. The standard InChI is InChI=1S/C23H26/c1-15(2)21-5-3-4-18-11-19-14-23(9-8-17(19)12-22(18)21)13-16-6-7-20(23)10-16/h3-7,11-12,15-16,20H,8-10,13-14H2,1-2H3. The predicted octanol–water partition coefficient (Wildman–Crippen LogP) is 6.03. The van der Waals surface area contributed by atoms with Crippen LogP contribution in [0.4, 0.5) is 0 Å². The number of hydrogen-bond donors (Lipinski definition) is 0. The van der Waals surface area contributed by atoms with E-state index >= 15 is 0 Å². The van der Waals surface area contributed by atoms with Crippen molar-refractivity contribution in [3.63, 3.8) is 0 Å². The Morgan fingerprint density at radius 1 is 1.09 bits per heavy atom. The normalized spacial score (nSPS) is 31.4. The maximum absolute atomic E-state index is 2.54. The molecule has 0 amide bonds. The second kappa shape index (κ2) is 4.72. The highest BCUT2D eigenvalue weighted by molar-refractivity contribution is 5.87. The van der Waals surface area contributed by atoms with E-state index in [1.807, 2.05) is 0 Å². The lowest BCUT2D eigenvalue weighted by molar-refractivity contribution is 0.195. The van der Waals surface area contributed by atoms with Crippen LogP contribution in [0.1, 0.15) is 55.7 Å². The highest BCUT2D eigenvalue weighted by atomic mass is 14.5. The lowest BCUT2D eigenvalue weighted by Gasteiger charge is -2.40. The Bertz CT molecular complexity index is 810. The van der Waals surface area contributed by atoms with Gasteiger partial charge in [0, 0.05) is 0 Å². The smallest absolute Gasteiger partial charge is 0.0146 e. The van der Waals surface area contributed by atoms with Crippen LogP contribution in [0.15, 0.2) is 42.5 Å². The fraction of sp³-hybridized carbons (Fsp3) is 0.478. The van der Waals surface area contributed by atoms with Gasteiger partial charge in [0.25, 0.3) is 0 Å². The SMILES string of the molecule is CC(C)c1cccc2cc3c(cc12)CCC1(C3)CC2C=CC1C2. The van der Waals surface area contributed by atoms with E-state index < -0.39 is 0 Å². The van der Waals surface area contributed by atoms with Crippen LogP contribution in [0.5, 0.6) is 0 Å². The molecule has 1 spiro atoms. The van der Waals surface area contributed by atoms with Crippen molar-refractivity contribution in [2.45, 2.75) is 51.9 Å². The molecule has 3 aliphatic carbocycles. The number of allylic oxidation sites excluding steroid dienone is 2. The molecule has 0 saturated heterocycles. The molecular formula is C23H26. The zero-order valence-electron chi connectivity index (χ0n) is 14.3. The summed E-state index contributed by atoms with van der Waals surface area (Å²) in [5.74, 6) is 2.34. The lowest BCUT2D eigenvalue weighted by atomic mass is 9.64. The third-order valence-electron chi connectivity index (χ3n) is 6.92. The van der Waals surface area contributed by atoms with Crippen molar-refractivity contribution in [3.8, 4) is 0 Å². The Labute approximate surface area is 139 Å². The number of benzene rings is 2. The van der Waals surface area contributed by atoms with Crippen LogP contribution in [0.3, 0.4) is 0 Å². The molecule has 2 aromatic rings. The Morgan fingerprint density at radius 2 is 2.00 bits per heavy atom. The largest absolute Gasteiger partial charge is 0.0851 e. The summed E-state index contributed by atoms with van der Waals surface area (Å²) in [5, 5.41) is 2.94. The highest BCUT2D eigenvalue weighted by Crippen LogP contribution is 2.58. The molecule has 0 heteroatoms. The maximum Gasteiger partial charge on any atom is -0.0146 e. The molecule has 0 N–H and O–H groups in total. The first-order valence-corrected chi connectivity index (χ1v) is 9.37. The number of rotatable bonds is 1. The lowest BCUT2D eigenvalue weighted by Crippen LogP contribution is -2.32. The van der Waals surface area contributed by atoms with Gasteiger partial charge in [0.05, 0.1) is 0 Å². The summed E-state index contributed by atoms with van der Waals surface area (Å²) in [6, 6.07) is 11.9. The average molecular weight is 302 g/mol. The van der Waals surface area contributed by atoms with Crippen LogP contribution >= 0.6 is 0 Å². The predicted molar refractivity (Wildman–Crippen MR) is 97.8 cm³/mol. The molecule has 1 fully saturated rings. The van der Waals surface area contributed by atoms with Gasteiger partial charge in [-0.15, -0.1) is 0 Å². The molecule has 2 bridgehead atoms. The zero-order chi connectivity index (χ0) is 15.6. The molecule has 3 atom stereocenters. The van der Waals surface area contributed by atoms with Crippen molar-refractivity contribution in [2.75, 3.05) is 0 Å². The van der Waals surface area contributed by atoms with Gasteiger partial charge in [0.15, 0.2) is 0 Å². The summed E-state index contributed by atoms with van der Waals surface area (Å²) in [7, 11) is 0. The summed E-state index contributed by atoms with van der Waals surface area (Å²) in [6.45, 7) is 4.62. The van der Waals surface area contributed by atoms with E-state index in [4.69, 9.17) is 0 Å². The van der Waals surface area contributed by atoms with Crippen molar-refractivity contribution >= 4 is 10.8 Å². The van der Waals surface area contributed by atoms with E-state index in [-0.39, 0.29) is 0 Å². The summed E-state index contributed by atoms with van der Waals surface area (Å²) < 4.78 is 0. The molecule has 0 aliphatic heterocycles. The summed E-state index contributed by atoms with van der Waals surface area (Å²) in [6.07, 6.45) is 11.9. The van der Waals surface area contributed by atoms with Gasteiger partial charge in [-0.3, -0.25) is 0 Å². The van der Waals surface area contributed by atoms with Gasteiger partial charge in [-0.1, -0.05) is 56.3 Å². The highest BCUT2D eigenvalue weighted by Gasteiger charge is 2.49. The van der Waals surface area contributed by atoms with Gasteiger partial charge < -0.3 is 0 Å². The number of fused-ring (bicyclic) bond motifs is 5. The molecule has 5 rings (SSSR count). The molecule has 3 unspecified atom stereocenters. The third-order valence-corrected chi connectivity index (χ3v) is 6.92. The Morgan fingerprint density at radius 3 is 2.74 bits per heavy atom. The van der Waals surface area contributed by atoms with E-state index in [1.165, 1.54) is 48.4 Å². The van der Waals surface area contributed by atoms with Crippen LogP contribution in [-0.2, 0) is 12.8 Å². The van der Waals surface area contributed by atoms with Gasteiger partial charge in [0.2, 0.25) is 0 Å². The Balaban J connectivity index is 1.60. The van der Waals surface area contributed by atoms with Gasteiger partial charge in [-0.05, 0) is 82.7 Å². The summed E-state index contributed by atoms with van der Waals surface area (Å²) in [5.41, 5.74) is 5.37. The molecule has 2 aromatic carbocycles. The molecule has 0 radical (unpaired) electrons. The molecule has 0 aromatic heterocycles. The van der Waals surface area contributed by atoms with E-state index in [1.54, 1.807) is 11.1 Å². The van der Waals surface area contributed by atoms with Gasteiger partial charge in [-0.2, -0.15) is 0 Å². The minimum atomic E-state index is 0.593. The van der Waals surface area contributed by atoms with Crippen LogP contribution in [0.25, 0.3) is 10.8 Å².